The van der Waals surface area contributed by atoms with Crippen molar-refractivity contribution < 1.29 is 22.7 Å². The molecule has 1 aromatic carbocycles. The molecule has 1 fully saturated rings. The van der Waals surface area contributed by atoms with Crippen molar-refractivity contribution >= 4 is 6.03 Å². The summed E-state index contributed by atoms with van der Waals surface area (Å²) in [4.78, 5) is 13.2. The number of likely N-dealkylation sites (tertiary alicyclic amines) is 1. The molecule has 1 aromatic rings. The molecule has 1 heterocycles. The van der Waals surface area contributed by atoms with Crippen molar-refractivity contribution in [3.63, 3.8) is 0 Å². The fraction of sp³-hybridized carbons (Fsp3) is 0.533. The van der Waals surface area contributed by atoms with Gasteiger partial charge >= 0.3 is 12.2 Å². The highest BCUT2D eigenvalue weighted by atomic mass is 19.4. The van der Waals surface area contributed by atoms with Crippen molar-refractivity contribution in [1.82, 2.24) is 10.2 Å². The number of urea groups is 1. The summed E-state index contributed by atoms with van der Waals surface area (Å²) < 4.78 is 42.9. The Hall–Kier alpha value is -1.76. The van der Waals surface area contributed by atoms with Crippen molar-refractivity contribution in [2.75, 3.05) is 19.6 Å². The number of ether oxygens (including phenoxy) is 1. The maximum Gasteiger partial charge on any atom is 0.416 e. The average molecular weight is 316 g/mol. The van der Waals surface area contributed by atoms with E-state index in [1.54, 1.807) is 4.90 Å². The molecule has 0 saturated carbocycles. The third-order valence-corrected chi connectivity index (χ3v) is 3.43. The molecule has 2 rings (SSSR count). The van der Waals surface area contributed by atoms with Gasteiger partial charge in [0.1, 0.15) is 0 Å². The van der Waals surface area contributed by atoms with E-state index in [0.717, 1.165) is 18.6 Å². The third kappa shape index (κ3) is 4.37. The van der Waals surface area contributed by atoms with Crippen LogP contribution in [0, 0.1) is 0 Å². The highest BCUT2D eigenvalue weighted by Gasteiger charge is 2.32. The highest BCUT2D eigenvalue weighted by Crippen LogP contribution is 2.29. The zero-order valence-corrected chi connectivity index (χ0v) is 12.3. The first-order valence-corrected chi connectivity index (χ1v) is 7.20. The molecule has 1 N–H and O–H groups in total. The van der Waals surface area contributed by atoms with Gasteiger partial charge in [-0.05, 0) is 24.1 Å². The first kappa shape index (κ1) is 16.6. The van der Waals surface area contributed by atoms with E-state index < -0.39 is 11.7 Å². The first-order chi connectivity index (χ1) is 10.4. The van der Waals surface area contributed by atoms with Crippen molar-refractivity contribution in [2.45, 2.75) is 32.2 Å². The fourth-order valence-electron chi connectivity index (χ4n) is 2.06. The second-order valence-corrected chi connectivity index (χ2v) is 5.26. The summed E-state index contributed by atoms with van der Waals surface area (Å²) in [7, 11) is 0. The highest BCUT2D eigenvalue weighted by molar-refractivity contribution is 5.75. The monoisotopic (exact) mass is 316 g/mol. The van der Waals surface area contributed by atoms with Gasteiger partial charge in [0.05, 0.1) is 31.4 Å². The van der Waals surface area contributed by atoms with Crippen molar-refractivity contribution in [1.29, 1.82) is 0 Å². The van der Waals surface area contributed by atoms with Crippen molar-refractivity contribution in [3.05, 3.63) is 35.4 Å². The van der Waals surface area contributed by atoms with Crippen LogP contribution >= 0.6 is 0 Å². The third-order valence-electron chi connectivity index (χ3n) is 3.43. The van der Waals surface area contributed by atoms with Crippen molar-refractivity contribution in [2.24, 2.45) is 0 Å². The van der Waals surface area contributed by atoms with E-state index in [9.17, 15) is 18.0 Å². The Bertz CT molecular complexity index is 497. The topological polar surface area (TPSA) is 41.6 Å². The SMILES string of the molecule is CCCNC(=O)N1CC(OCc2ccc(C(F)(F)F)cc2)C1. The van der Waals surface area contributed by atoms with Crippen LogP contribution in [0.5, 0.6) is 0 Å². The Kier molecular flexibility index (Phi) is 5.28. The van der Waals surface area contributed by atoms with E-state index in [4.69, 9.17) is 4.74 Å². The number of carbonyl (C=O) groups is 1. The van der Waals surface area contributed by atoms with E-state index in [2.05, 4.69) is 5.32 Å². The first-order valence-electron chi connectivity index (χ1n) is 7.20. The van der Waals surface area contributed by atoms with Gasteiger partial charge in [-0.25, -0.2) is 4.79 Å². The van der Waals surface area contributed by atoms with Gasteiger partial charge in [0, 0.05) is 6.54 Å². The average Bonchev–Trinajstić information content (AvgIpc) is 2.43. The van der Waals surface area contributed by atoms with E-state index in [1.807, 2.05) is 6.92 Å². The van der Waals surface area contributed by atoms with Crippen molar-refractivity contribution in [3.8, 4) is 0 Å². The zero-order valence-electron chi connectivity index (χ0n) is 12.3. The van der Waals surface area contributed by atoms with E-state index >= 15 is 0 Å². The molecular formula is C15H19F3N2O2. The van der Waals surface area contributed by atoms with Gasteiger partial charge in [0.25, 0.3) is 0 Å². The lowest BCUT2D eigenvalue weighted by Gasteiger charge is -2.38. The van der Waals surface area contributed by atoms with E-state index in [1.165, 1.54) is 12.1 Å². The fourth-order valence-corrected chi connectivity index (χ4v) is 2.06. The smallest absolute Gasteiger partial charge is 0.370 e. The minimum atomic E-state index is -4.32. The van der Waals surface area contributed by atoms with Crippen LogP contribution in [0.15, 0.2) is 24.3 Å². The maximum absolute atomic E-state index is 12.4. The molecule has 1 aliphatic rings. The number of rotatable bonds is 5. The molecule has 2 amide bonds. The molecule has 1 saturated heterocycles. The van der Waals surface area contributed by atoms with Crippen LogP contribution < -0.4 is 5.32 Å². The number of hydrogen-bond acceptors (Lipinski definition) is 2. The molecule has 22 heavy (non-hydrogen) atoms. The van der Waals surface area contributed by atoms with Crippen LogP contribution in [-0.4, -0.2) is 36.7 Å². The molecule has 7 heteroatoms. The predicted molar refractivity (Wildman–Crippen MR) is 75.3 cm³/mol. The minimum absolute atomic E-state index is 0.0605. The molecule has 0 aromatic heterocycles. The number of benzene rings is 1. The molecule has 0 unspecified atom stereocenters. The number of alkyl halides is 3. The summed E-state index contributed by atoms with van der Waals surface area (Å²) in [5.74, 6) is 0. The van der Waals surface area contributed by atoms with Gasteiger partial charge in [0.15, 0.2) is 0 Å². The molecule has 122 valence electrons. The Morgan fingerprint density at radius 3 is 2.50 bits per heavy atom. The van der Waals surface area contributed by atoms with Crippen LogP contribution in [0.25, 0.3) is 0 Å². The van der Waals surface area contributed by atoms with Crippen LogP contribution in [0.2, 0.25) is 0 Å². The lowest BCUT2D eigenvalue weighted by Crippen LogP contribution is -2.57. The number of hydrogen-bond donors (Lipinski definition) is 1. The molecule has 0 aliphatic carbocycles. The zero-order chi connectivity index (χ0) is 16.2. The maximum atomic E-state index is 12.4. The Balaban J connectivity index is 1.71. The standard InChI is InChI=1S/C15H19F3N2O2/c1-2-7-19-14(21)20-8-13(9-20)22-10-11-3-5-12(6-4-11)15(16,17)18/h3-6,13H,2,7-10H2,1H3,(H,19,21). The quantitative estimate of drug-likeness (QED) is 0.907. The second-order valence-electron chi connectivity index (χ2n) is 5.26. The lowest BCUT2D eigenvalue weighted by atomic mass is 10.1. The Labute approximate surface area is 127 Å². The summed E-state index contributed by atoms with van der Waals surface area (Å²) >= 11 is 0. The van der Waals surface area contributed by atoms with Gasteiger partial charge in [-0.15, -0.1) is 0 Å². The summed E-state index contributed by atoms with van der Waals surface area (Å²) in [5, 5.41) is 2.77. The lowest BCUT2D eigenvalue weighted by molar-refractivity contribution is -0.137. The molecule has 0 spiro atoms. The summed E-state index contributed by atoms with van der Waals surface area (Å²) in [6.07, 6.45) is -3.50. The molecule has 0 bridgehead atoms. The second kappa shape index (κ2) is 7.00. The van der Waals surface area contributed by atoms with Gasteiger partial charge in [0.2, 0.25) is 0 Å². The number of halogens is 3. The summed E-state index contributed by atoms with van der Waals surface area (Å²) in [6, 6.07) is 4.81. The van der Waals surface area contributed by atoms with Gasteiger partial charge in [-0.1, -0.05) is 19.1 Å². The Morgan fingerprint density at radius 1 is 1.32 bits per heavy atom. The van der Waals surface area contributed by atoms with Crippen LogP contribution in [0.3, 0.4) is 0 Å². The molecular weight excluding hydrogens is 297 g/mol. The van der Waals surface area contributed by atoms with Crippen LogP contribution in [-0.2, 0) is 17.5 Å². The largest absolute Gasteiger partial charge is 0.416 e. The van der Waals surface area contributed by atoms with E-state index in [0.29, 0.717) is 25.2 Å². The van der Waals surface area contributed by atoms with Crippen LogP contribution in [0.4, 0.5) is 18.0 Å². The van der Waals surface area contributed by atoms with Gasteiger partial charge in [-0.3, -0.25) is 0 Å². The summed E-state index contributed by atoms with van der Waals surface area (Å²) in [6.45, 7) is 3.89. The molecule has 4 nitrogen and oxygen atoms in total. The molecule has 1 aliphatic heterocycles. The Morgan fingerprint density at radius 2 is 1.95 bits per heavy atom. The number of nitrogens with zero attached hydrogens (tertiary/aromatic N) is 1. The predicted octanol–water partition coefficient (Wildman–Crippen LogP) is 3.03. The number of amides is 2. The molecule has 0 atom stereocenters. The summed E-state index contributed by atoms with van der Waals surface area (Å²) in [5.41, 5.74) is 0.0144. The van der Waals surface area contributed by atoms with E-state index in [-0.39, 0.29) is 18.7 Å². The number of carbonyl (C=O) groups excluding carboxylic acids is 1. The van der Waals surface area contributed by atoms with Crippen LogP contribution in [0.1, 0.15) is 24.5 Å². The van der Waals surface area contributed by atoms with Gasteiger partial charge in [-0.2, -0.15) is 13.2 Å². The minimum Gasteiger partial charge on any atom is -0.370 e. The molecule has 0 radical (unpaired) electrons. The number of nitrogens with one attached hydrogen (secondary N) is 1. The normalized spacial score (nSPS) is 15.5. The van der Waals surface area contributed by atoms with Gasteiger partial charge < -0.3 is 15.0 Å².